The summed E-state index contributed by atoms with van der Waals surface area (Å²) in [5, 5.41) is 12.5. The van der Waals surface area contributed by atoms with E-state index in [9.17, 15) is 14.9 Å². The van der Waals surface area contributed by atoms with Gasteiger partial charge < -0.3 is 19.7 Å². The van der Waals surface area contributed by atoms with Crippen LogP contribution in [0.3, 0.4) is 0 Å². The first-order valence-corrected chi connectivity index (χ1v) is 11.9. The standard InChI is InChI=1S/C27H29N5O4/c1-5-35-22-10-8-21(9-11-22)29-26(33)20(14-28)13-23-25(31-15-18(3)36-19(4)16-31)30-24-17(2)7-6-12-32(24)27(23)34/h6-13,18-19H,5,15-16H2,1-4H3,(H,29,33)/b20-13+/t18-,19-/m0/s1. The van der Waals surface area contributed by atoms with E-state index in [1.807, 2.05) is 44.7 Å². The molecule has 186 valence electrons. The summed E-state index contributed by atoms with van der Waals surface area (Å²) in [6.45, 7) is 9.28. The van der Waals surface area contributed by atoms with Crippen molar-refractivity contribution in [1.29, 1.82) is 5.26 Å². The first-order chi connectivity index (χ1) is 17.3. The van der Waals surface area contributed by atoms with Gasteiger partial charge in [0, 0.05) is 25.0 Å². The second-order valence-electron chi connectivity index (χ2n) is 8.78. The number of aromatic nitrogens is 2. The predicted molar refractivity (Wildman–Crippen MR) is 138 cm³/mol. The van der Waals surface area contributed by atoms with Crippen molar-refractivity contribution in [1.82, 2.24) is 9.38 Å². The van der Waals surface area contributed by atoms with Crippen LogP contribution in [0.2, 0.25) is 0 Å². The number of carbonyl (C=O) groups excluding carboxylic acids is 1. The normalized spacial score (nSPS) is 18.1. The molecule has 1 saturated heterocycles. The Morgan fingerprint density at radius 1 is 1.25 bits per heavy atom. The SMILES string of the molecule is CCOc1ccc(NC(=O)/C(C#N)=C/c2c(N3C[C@H](C)O[C@@H](C)C3)nc3c(C)cccn3c2=O)cc1. The number of nitriles is 1. The molecule has 0 saturated carbocycles. The Kier molecular flexibility index (Phi) is 7.36. The molecule has 0 unspecified atom stereocenters. The molecule has 0 aliphatic carbocycles. The lowest BCUT2D eigenvalue weighted by molar-refractivity contribution is -0.112. The van der Waals surface area contributed by atoms with Crippen molar-refractivity contribution in [2.45, 2.75) is 39.9 Å². The van der Waals surface area contributed by atoms with Crippen LogP contribution in [0.25, 0.3) is 11.7 Å². The van der Waals surface area contributed by atoms with E-state index >= 15 is 0 Å². The molecule has 3 heterocycles. The summed E-state index contributed by atoms with van der Waals surface area (Å²) < 4.78 is 12.7. The van der Waals surface area contributed by atoms with Gasteiger partial charge in [0.05, 0.1) is 24.4 Å². The van der Waals surface area contributed by atoms with E-state index < -0.39 is 5.91 Å². The van der Waals surface area contributed by atoms with Gasteiger partial charge in [0.1, 0.15) is 28.9 Å². The maximum atomic E-state index is 13.6. The van der Waals surface area contributed by atoms with Crippen LogP contribution < -0.4 is 20.5 Å². The third-order valence-electron chi connectivity index (χ3n) is 5.86. The van der Waals surface area contributed by atoms with Gasteiger partial charge in [-0.15, -0.1) is 0 Å². The average Bonchev–Trinajstić information content (AvgIpc) is 2.84. The highest BCUT2D eigenvalue weighted by molar-refractivity contribution is 6.10. The van der Waals surface area contributed by atoms with E-state index in [-0.39, 0.29) is 28.9 Å². The van der Waals surface area contributed by atoms with Crippen molar-refractivity contribution in [3.8, 4) is 11.8 Å². The van der Waals surface area contributed by atoms with E-state index in [4.69, 9.17) is 14.5 Å². The quantitative estimate of drug-likeness (QED) is 0.418. The van der Waals surface area contributed by atoms with E-state index in [1.165, 1.54) is 10.5 Å². The predicted octanol–water partition coefficient (Wildman–Crippen LogP) is 3.56. The molecule has 1 amide bonds. The summed E-state index contributed by atoms with van der Waals surface area (Å²) in [5.41, 5.74) is 1.49. The number of fused-ring (bicyclic) bond motifs is 1. The molecule has 1 fully saturated rings. The number of anilines is 2. The van der Waals surface area contributed by atoms with Crippen molar-refractivity contribution in [2.24, 2.45) is 0 Å². The molecule has 3 aromatic rings. The Balaban J connectivity index is 1.77. The van der Waals surface area contributed by atoms with Crippen molar-refractivity contribution >= 4 is 29.1 Å². The molecular formula is C27H29N5O4. The Hall–Kier alpha value is -4.16. The van der Waals surface area contributed by atoms with Crippen LogP contribution in [0.1, 0.15) is 31.9 Å². The van der Waals surface area contributed by atoms with Crippen molar-refractivity contribution in [2.75, 3.05) is 29.9 Å². The number of rotatable bonds is 6. The molecule has 0 spiro atoms. The molecule has 2 atom stereocenters. The molecule has 1 N–H and O–H groups in total. The van der Waals surface area contributed by atoms with Gasteiger partial charge in [0.25, 0.3) is 11.5 Å². The maximum Gasteiger partial charge on any atom is 0.267 e. The number of carbonyl (C=O) groups is 1. The van der Waals surface area contributed by atoms with E-state index in [0.717, 1.165) is 5.56 Å². The van der Waals surface area contributed by atoms with Gasteiger partial charge in [-0.05, 0) is 69.7 Å². The minimum absolute atomic E-state index is 0.0684. The van der Waals surface area contributed by atoms with Crippen LogP contribution in [0.15, 0.2) is 53.0 Å². The van der Waals surface area contributed by atoms with Crippen LogP contribution >= 0.6 is 0 Å². The van der Waals surface area contributed by atoms with Gasteiger partial charge in [-0.1, -0.05) is 6.07 Å². The Bertz CT molecular complexity index is 1390. The number of benzene rings is 1. The van der Waals surface area contributed by atoms with Gasteiger partial charge in [-0.2, -0.15) is 5.26 Å². The molecule has 2 aromatic heterocycles. The minimum atomic E-state index is -0.620. The topological polar surface area (TPSA) is 109 Å². The van der Waals surface area contributed by atoms with Crippen LogP contribution in [0, 0.1) is 18.3 Å². The lowest BCUT2D eigenvalue weighted by atomic mass is 10.1. The number of nitrogens with one attached hydrogen (secondary N) is 1. The highest BCUT2D eigenvalue weighted by Gasteiger charge is 2.27. The number of aryl methyl sites for hydroxylation is 1. The monoisotopic (exact) mass is 487 g/mol. The van der Waals surface area contributed by atoms with Crippen molar-refractivity contribution in [3.05, 3.63) is 69.6 Å². The van der Waals surface area contributed by atoms with Gasteiger partial charge in [-0.3, -0.25) is 14.0 Å². The molecule has 0 bridgehead atoms. The number of morpholine rings is 1. The lowest BCUT2D eigenvalue weighted by Crippen LogP contribution is -2.46. The van der Waals surface area contributed by atoms with Gasteiger partial charge in [-0.25, -0.2) is 4.98 Å². The summed E-state index contributed by atoms with van der Waals surface area (Å²) in [6.07, 6.45) is 2.82. The van der Waals surface area contributed by atoms with Crippen molar-refractivity contribution in [3.63, 3.8) is 0 Å². The molecule has 0 radical (unpaired) electrons. The summed E-state index contributed by atoms with van der Waals surface area (Å²) >= 11 is 0. The zero-order chi connectivity index (χ0) is 25.8. The van der Waals surface area contributed by atoms with Crippen molar-refractivity contribution < 1.29 is 14.3 Å². The third kappa shape index (κ3) is 5.24. The Morgan fingerprint density at radius 3 is 2.58 bits per heavy atom. The number of hydrogen-bond donors (Lipinski definition) is 1. The molecule has 9 nitrogen and oxygen atoms in total. The molecule has 9 heteroatoms. The Labute approximate surface area is 209 Å². The highest BCUT2D eigenvalue weighted by atomic mass is 16.5. The molecule has 1 aromatic carbocycles. The van der Waals surface area contributed by atoms with Gasteiger partial charge >= 0.3 is 0 Å². The van der Waals surface area contributed by atoms with E-state index in [1.54, 1.807) is 36.5 Å². The van der Waals surface area contributed by atoms with Crippen LogP contribution in [0.4, 0.5) is 11.5 Å². The maximum absolute atomic E-state index is 13.6. The number of ether oxygens (including phenoxy) is 2. The zero-order valence-electron chi connectivity index (χ0n) is 20.8. The Morgan fingerprint density at radius 2 is 1.94 bits per heavy atom. The summed E-state index contributed by atoms with van der Waals surface area (Å²) in [7, 11) is 0. The zero-order valence-corrected chi connectivity index (χ0v) is 20.8. The molecular weight excluding hydrogens is 458 g/mol. The molecule has 1 aliphatic heterocycles. The van der Waals surface area contributed by atoms with E-state index in [0.29, 0.717) is 42.6 Å². The van der Waals surface area contributed by atoms with Crippen LogP contribution in [0.5, 0.6) is 5.75 Å². The molecule has 36 heavy (non-hydrogen) atoms. The minimum Gasteiger partial charge on any atom is -0.494 e. The fourth-order valence-electron chi connectivity index (χ4n) is 4.31. The summed E-state index contributed by atoms with van der Waals surface area (Å²) in [6, 6.07) is 12.4. The summed E-state index contributed by atoms with van der Waals surface area (Å²) in [4.78, 5) is 33.4. The first kappa shape index (κ1) is 24.9. The number of pyridine rings is 1. The highest BCUT2D eigenvalue weighted by Crippen LogP contribution is 2.24. The lowest BCUT2D eigenvalue weighted by Gasteiger charge is -2.36. The fourth-order valence-corrected chi connectivity index (χ4v) is 4.31. The second-order valence-corrected chi connectivity index (χ2v) is 8.78. The number of hydrogen-bond acceptors (Lipinski definition) is 7. The second kappa shape index (κ2) is 10.6. The smallest absolute Gasteiger partial charge is 0.267 e. The number of nitrogens with zero attached hydrogens (tertiary/aromatic N) is 4. The summed E-state index contributed by atoms with van der Waals surface area (Å²) in [5.74, 6) is 0.485. The fraction of sp³-hybridized carbons (Fsp3) is 0.333. The van der Waals surface area contributed by atoms with Gasteiger partial charge in [0.2, 0.25) is 0 Å². The van der Waals surface area contributed by atoms with Crippen LogP contribution in [-0.2, 0) is 9.53 Å². The third-order valence-corrected chi connectivity index (χ3v) is 5.86. The van der Waals surface area contributed by atoms with Crippen LogP contribution in [-0.4, -0.2) is 47.2 Å². The largest absolute Gasteiger partial charge is 0.494 e. The van der Waals surface area contributed by atoms with Gasteiger partial charge in [0.15, 0.2) is 0 Å². The molecule has 4 rings (SSSR count). The average molecular weight is 488 g/mol. The molecule has 1 aliphatic rings. The number of amides is 1. The van der Waals surface area contributed by atoms with E-state index in [2.05, 4.69) is 5.32 Å². The first-order valence-electron chi connectivity index (χ1n) is 11.9.